The van der Waals surface area contributed by atoms with Crippen molar-refractivity contribution in [3.05, 3.63) is 0 Å². The summed E-state index contributed by atoms with van der Waals surface area (Å²) in [5.74, 6) is 3.69. The van der Waals surface area contributed by atoms with Crippen LogP contribution < -0.4 is 5.32 Å². The molecule has 2 heteroatoms. The molecule has 2 aliphatic rings. The molecule has 2 fully saturated rings. The van der Waals surface area contributed by atoms with Crippen LogP contribution in [0.2, 0.25) is 0 Å². The number of thioether (sulfide) groups is 1. The van der Waals surface area contributed by atoms with Gasteiger partial charge in [0.2, 0.25) is 0 Å². The average molecular weight is 185 g/mol. The van der Waals surface area contributed by atoms with E-state index in [1.807, 2.05) is 0 Å². The van der Waals surface area contributed by atoms with Gasteiger partial charge in [0, 0.05) is 23.6 Å². The van der Waals surface area contributed by atoms with Gasteiger partial charge >= 0.3 is 0 Å². The van der Waals surface area contributed by atoms with E-state index in [0.29, 0.717) is 0 Å². The topological polar surface area (TPSA) is 12.0 Å². The number of rotatable bonds is 3. The van der Waals surface area contributed by atoms with Crippen molar-refractivity contribution in [1.29, 1.82) is 0 Å². The molecule has 0 aromatic rings. The van der Waals surface area contributed by atoms with E-state index < -0.39 is 0 Å². The van der Waals surface area contributed by atoms with Gasteiger partial charge in [-0.2, -0.15) is 11.8 Å². The summed E-state index contributed by atoms with van der Waals surface area (Å²) in [5.41, 5.74) is 0. The molecule has 0 spiro atoms. The summed E-state index contributed by atoms with van der Waals surface area (Å²) < 4.78 is 0. The van der Waals surface area contributed by atoms with Gasteiger partial charge in [0.1, 0.15) is 0 Å². The quantitative estimate of drug-likeness (QED) is 0.724. The predicted octanol–water partition coefficient (Wildman–Crippen LogP) is 2.27. The fourth-order valence-corrected chi connectivity index (χ4v) is 3.04. The Balaban J connectivity index is 1.77. The number of hydrogen-bond acceptors (Lipinski definition) is 2. The normalized spacial score (nSPS) is 36.8. The Bertz CT molecular complexity index is 145. The zero-order valence-electron chi connectivity index (χ0n) is 7.88. The number of nitrogens with one attached hydrogen (secondary N) is 1. The van der Waals surface area contributed by atoms with Gasteiger partial charge in [-0.05, 0) is 18.8 Å². The van der Waals surface area contributed by atoms with Crippen molar-refractivity contribution in [3.8, 4) is 0 Å². The van der Waals surface area contributed by atoms with Crippen molar-refractivity contribution in [1.82, 2.24) is 5.32 Å². The Morgan fingerprint density at radius 2 is 2.17 bits per heavy atom. The highest BCUT2D eigenvalue weighted by molar-refractivity contribution is 8.00. The van der Waals surface area contributed by atoms with Gasteiger partial charge in [0.15, 0.2) is 0 Å². The van der Waals surface area contributed by atoms with Crippen molar-refractivity contribution in [2.45, 2.75) is 44.7 Å². The molecule has 0 bridgehead atoms. The highest BCUT2D eigenvalue weighted by atomic mass is 32.2. The molecular formula is C10H19NS. The van der Waals surface area contributed by atoms with Crippen molar-refractivity contribution < 1.29 is 0 Å². The van der Waals surface area contributed by atoms with Gasteiger partial charge in [0.05, 0.1) is 0 Å². The Labute approximate surface area is 79.7 Å². The van der Waals surface area contributed by atoms with Gasteiger partial charge in [-0.15, -0.1) is 0 Å². The van der Waals surface area contributed by atoms with Crippen molar-refractivity contribution in [2.75, 3.05) is 11.5 Å². The van der Waals surface area contributed by atoms with Gasteiger partial charge in [0.25, 0.3) is 0 Å². The maximum atomic E-state index is 3.80. The third-order valence-electron chi connectivity index (χ3n) is 3.27. The molecule has 70 valence electrons. The molecule has 12 heavy (non-hydrogen) atoms. The molecule has 0 amide bonds. The maximum absolute atomic E-state index is 3.80. The first-order valence-corrected chi connectivity index (χ1v) is 6.39. The lowest BCUT2D eigenvalue weighted by atomic mass is 10.0. The summed E-state index contributed by atoms with van der Waals surface area (Å²) in [7, 11) is 0. The fourth-order valence-electron chi connectivity index (χ4n) is 2.38. The summed E-state index contributed by atoms with van der Waals surface area (Å²) in [5, 5.41) is 3.80. The molecule has 0 radical (unpaired) electrons. The van der Waals surface area contributed by atoms with Gasteiger partial charge in [-0.3, -0.25) is 0 Å². The van der Waals surface area contributed by atoms with E-state index in [9.17, 15) is 0 Å². The molecule has 1 saturated carbocycles. The molecule has 1 saturated heterocycles. The van der Waals surface area contributed by atoms with Crippen LogP contribution in [0.4, 0.5) is 0 Å². The average Bonchev–Trinajstić information content (AvgIpc) is 2.43. The smallest absolute Gasteiger partial charge is 0.0251 e. The lowest BCUT2D eigenvalue weighted by Gasteiger charge is -2.31. The predicted molar refractivity (Wildman–Crippen MR) is 55.7 cm³/mol. The minimum Gasteiger partial charge on any atom is -0.309 e. The van der Waals surface area contributed by atoms with E-state index in [0.717, 1.165) is 18.0 Å². The minimum absolute atomic E-state index is 0.854. The lowest BCUT2D eigenvalue weighted by Crippen LogP contribution is -2.47. The van der Waals surface area contributed by atoms with E-state index in [1.54, 1.807) is 0 Å². The standard InChI is InChI=1S/C10H19NS/c1-2-8-4-3-5-10(8)11-9-6-12-7-9/h8-11H,2-7H2,1H3. The maximum Gasteiger partial charge on any atom is 0.0251 e. The second kappa shape index (κ2) is 4.01. The van der Waals surface area contributed by atoms with Crippen LogP contribution in [0, 0.1) is 5.92 Å². The van der Waals surface area contributed by atoms with Crippen molar-refractivity contribution in [2.24, 2.45) is 5.92 Å². The van der Waals surface area contributed by atoms with Crippen molar-refractivity contribution in [3.63, 3.8) is 0 Å². The van der Waals surface area contributed by atoms with E-state index >= 15 is 0 Å². The molecule has 2 rings (SSSR count). The Morgan fingerprint density at radius 1 is 1.33 bits per heavy atom. The first-order chi connectivity index (χ1) is 5.90. The van der Waals surface area contributed by atoms with Crippen LogP contribution in [0.5, 0.6) is 0 Å². The Morgan fingerprint density at radius 3 is 2.75 bits per heavy atom. The second-order valence-electron chi connectivity index (χ2n) is 4.11. The Hall–Kier alpha value is 0.310. The summed E-state index contributed by atoms with van der Waals surface area (Å²) in [6.07, 6.45) is 5.72. The monoisotopic (exact) mass is 185 g/mol. The first kappa shape index (κ1) is 8.89. The van der Waals surface area contributed by atoms with Crippen molar-refractivity contribution >= 4 is 11.8 Å². The molecule has 0 aromatic carbocycles. The lowest BCUT2D eigenvalue weighted by molar-refractivity contribution is 0.365. The third-order valence-corrected chi connectivity index (χ3v) is 4.55. The van der Waals surface area contributed by atoms with Crippen LogP contribution >= 0.6 is 11.8 Å². The summed E-state index contributed by atoms with van der Waals surface area (Å²) in [6.45, 7) is 2.33. The van der Waals surface area contributed by atoms with E-state index in [1.165, 1.54) is 37.2 Å². The molecule has 1 nitrogen and oxygen atoms in total. The fraction of sp³-hybridized carbons (Fsp3) is 1.00. The molecule has 1 heterocycles. The Kier molecular flexibility index (Phi) is 2.97. The summed E-state index contributed by atoms with van der Waals surface area (Å²) in [6, 6.07) is 1.72. The van der Waals surface area contributed by atoms with Crippen LogP contribution in [-0.4, -0.2) is 23.6 Å². The second-order valence-corrected chi connectivity index (χ2v) is 5.18. The van der Waals surface area contributed by atoms with E-state index in [4.69, 9.17) is 0 Å². The van der Waals surface area contributed by atoms with Gasteiger partial charge in [-0.1, -0.05) is 19.8 Å². The third kappa shape index (κ3) is 1.80. The van der Waals surface area contributed by atoms with Crippen LogP contribution in [-0.2, 0) is 0 Å². The highest BCUT2D eigenvalue weighted by Crippen LogP contribution is 2.30. The van der Waals surface area contributed by atoms with Crippen LogP contribution in [0.1, 0.15) is 32.6 Å². The molecular weight excluding hydrogens is 166 g/mol. The summed E-state index contributed by atoms with van der Waals surface area (Å²) >= 11 is 2.07. The zero-order chi connectivity index (χ0) is 8.39. The molecule has 2 atom stereocenters. The van der Waals surface area contributed by atoms with E-state index in [-0.39, 0.29) is 0 Å². The zero-order valence-corrected chi connectivity index (χ0v) is 8.70. The molecule has 1 N–H and O–H groups in total. The largest absolute Gasteiger partial charge is 0.309 e. The number of hydrogen-bond donors (Lipinski definition) is 1. The van der Waals surface area contributed by atoms with Crippen LogP contribution in [0.15, 0.2) is 0 Å². The SMILES string of the molecule is CCC1CCCC1NC1CSC1. The van der Waals surface area contributed by atoms with Gasteiger partial charge in [-0.25, -0.2) is 0 Å². The highest BCUT2D eigenvalue weighted by Gasteiger charge is 2.29. The first-order valence-electron chi connectivity index (χ1n) is 5.24. The van der Waals surface area contributed by atoms with Crippen LogP contribution in [0.3, 0.4) is 0 Å². The molecule has 1 aliphatic carbocycles. The van der Waals surface area contributed by atoms with Gasteiger partial charge < -0.3 is 5.32 Å². The van der Waals surface area contributed by atoms with E-state index in [2.05, 4.69) is 24.0 Å². The summed E-state index contributed by atoms with van der Waals surface area (Å²) in [4.78, 5) is 0. The molecule has 2 unspecified atom stereocenters. The van der Waals surface area contributed by atoms with Crippen LogP contribution in [0.25, 0.3) is 0 Å². The molecule has 0 aromatic heterocycles. The minimum atomic E-state index is 0.854. The molecule has 1 aliphatic heterocycles.